The molecule has 0 saturated carbocycles. The van der Waals surface area contributed by atoms with Crippen LogP contribution in [0.1, 0.15) is 26.4 Å². The van der Waals surface area contributed by atoms with Gasteiger partial charge in [0.25, 0.3) is 11.8 Å². The predicted octanol–water partition coefficient (Wildman–Crippen LogP) is 2.67. The molecule has 0 unspecified atom stereocenters. The van der Waals surface area contributed by atoms with Gasteiger partial charge in [-0.3, -0.25) is 14.5 Å². The Morgan fingerprint density at radius 3 is 2.32 bits per heavy atom. The summed E-state index contributed by atoms with van der Waals surface area (Å²) in [6, 6.07) is 10.5. The highest BCUT2D eigenvalue weighted by Crippen LogP contribution is 2.22. The number of aryl methyl sites for hydroxylation is 1. The number of ether oxygens (including phenoxy) is 1. The summed E-state index contributed by atoms with van der Waals surface area (Å²) >= 11 is 2.20. The van der Waals surface area contributed by atoms with Crippen LogP contribution in [-0.2, 0) is 0 Å². The van der Waals surface area contributed by atoms with E-state index in [1.807, 2.05) is 13.0 Å². The Hall–Kier alpha value is -1.96. The van der Waals surface area contributed by atoms with E-state index in [2.05, 4.69) is 27.6 Å². The third-order valence-corrected chi connectivity index (χ3v) is 4.58. The largest absolute Gasteiger partial charge is 0.476 e. The lowest BCUT2D eigenvalue weighted by Crippen LogP contribution is -2.33. The number of halogens is 1. The molecule has 2 heterocycles. The number of carbonyl (C=O) groups excluding carboxylic acids is 2. The molecule has 2 aromatic rings. The maximum absolute atomic E-state index is 12.2. The highest BCUT2D eigenvalue weighted by atomic mass is 127. The van der Waals surface area contributed by atoms with Crippen molar-refractivity contribution in [1.82, 2.24) is 9.88 Å². The number of imide groups is 1. The van der Waals surface area contributed by atoms with Crippen molar-refractivity contribution in [1.29, 1.82) is 0 Å². The third-order valence-electron chi connectivity index (χ3n) is 3.44. The Labute approximate surface area is 141 Å². The van der Waals surface area contributed by atoms with Crippen LogP contribution in [0.15, 0.2) is 36.4 Å². The zero-order valence-electron chi connectivity index (χ0n) is 11.9. The number of pyridine rings is 1. The second kappa shape index (κ2) is 6.04. The summed E-state index contributed by atoms with van der Waals surface area (Å²) in [7, 11) is 0. The van der Waals surface area contributed by atoms with Crippen molar-refractivity contribution in [3.05, 3.63) is 56.8 Å². The molecule has 1 aromatic carbocycles. The first-order valence-corrected chi connectivity index (χ1v) is 7.87. The molecule has 0 saturated heterocycles. The molecule has 0 N–H and O–H groups in total. The van der Waals surface area contributed by atoms with E-state index in [9.17, 15) is 9.59 Å². The van der Waals surface area contributed by atoms with Crippen molar-refractivity contribution in [2.24, 2.45) is 0 Å². The van der Waals surface area contributed by atoms with Crippen LogP contribution in [0, 0.1) is 10.5 Å². The monoisotopic (exact) mass is 408 g/mol. The third kappa shape index (κ3) is 2.70. The number of hydrogen-bond acceptors (Lipinski definition) is 4. The normalized spacial score (nSPS) is 13.5. The van der Waals surface area contributed by atoms with Crippen LogP contribution >= 0.6 is 22.6 Å². The van der Waals surface area contributed by atoms with Crippen LogP contribution in [0.2, 0.25) is 0 Å². The molecule has 0 atom stereocenters. The summed E-state index contributed by atoms with van der Waals surface area (Å²) < 4.78 is 6.60. The second-order valence-corrected chi connectivity index (χ2v) is 6.03. The topological polar surface area (TPSA) is 59.5 Å². The fourth-order valence-corrected chi connectivity index (χ4v) is 2.59. The highest BCUT2D eigenvalue weighted by Gasteiger charge is 2.34. The van der Waals surface area contributed by atoms with Crippen molar-refractivity contribution in [3.8, 4) is 5.88 Å². The van der Waals surface area contributed by atoms with Crippen LogP contribution in [0.3, 0.4) is 0 Å². The van der Waals surface area contributed by atoms with Crippen molar-refractivity contribution >= 4 is 34.4 Å². The number of amides is 2. The second-order valence-electron chi connectivity index (χ2n) is 4.87. The molecule has 0 aliphatic carbocycles. The molecule has 1 aliphatic heterocycles. The van der Waals surface area contributed by atoms with Crippen molar-refractivity contribution in [2.75, 3.05) is 13.2 Å². The van der Waals surface area contributed by atoms with Crippen LogP contribution in [-0.4, -0.2) is 34.8 Å². The Kier molecular flexibility index (Phi) is 4.10. The molecule has 0 spiro atoms. The Morgan fingerprint density at radius 1 is 1.09 bits per heavy atom. The van der Waals surface area contributed by atoms with E-state index in [4.69, 9.17) is 4.74 Å². The van der Waals surface area contributed by atoms with Crippen LogP contribution in [0.5, 0.6) is 5.88 Å². The van der Waals surface area contributed by atoms with E-state index in [-0.39, 0.29) is 25.0 Å². The first-order chi connectivity index (χ1) is 10.6. The fourth-order valence-electron chi connectivity index (χ4n) is 2.29. The Bertz CT molecular complexity index is 726. The minimum Gasteiger partial charge on any atom is -0.476 e. The molecule has 0 bridgehead atoms. The van der Waals surface area contributed by atoms with E-state index >= 15 is 0 Å². The van der Waals surface area contributed by atoms with E-state index in [1.165, 1.54) is 4.90 Å². The van der Waals surface area contributed by atoms with Gasteiger partial charge in [-0.1, -0.05) is 12.1 Å². The Morgan fingerprint density at radius 2 is 1.73 bits per heavy atom. The lowest BCUT2D eigenvalue weighted by atomic mass is 10.1. The van der Waals surface area contributed by atoms with Gasteiger partial charge < -0.3 is 4.74 Å². The van der Waals surface area contributed by atoms with E-state index < -0.39 is 0 Å². The maximum Gasteiger partial charge on any atom is 0.261 e. The first kappa shape index (κ1) is 15.0. The number of aromatic nitrogens is 1. The summed E-state index contributed by atoms with van der Waals surface area (Å²) in [6.45, 7) is 2.33. The number of hydrogen-bond donors (Lipinski definition) is 0. The molecule has 3 rings (SSSR count). The van der Waals surface area contributed by atoms with E-state index in [1.54, 1.807) is 30.3 Å². The Balaban J connectivity index is 1.64. The summed E-state index contributed by atoms with van der Waals surface area (Å²) in [6.07, 6.45) is 0. The molecule has 1 aromatic heterocycles. The zero-order chi connectivity index (χ0) is 15.7. The fraction of sp³-hybridized carbons (Fsp3) is 0.188. The van der Waals surface area contributed by atoms with Gasteiger partial charge in [0, 0.05) is 9.64 Å². The lowest BCUT2D eigenvalue weighted by molar-refractivity contribution is 0.0630. The minimum absolute atomic E-state index is 0.207. The maximum atomic E-state index is 12.2. The van der Waals surface area contributed by atoms with Gasteiger partial charge in [0.05, 0.1) is 23.4 Å². The molecule has 1 aliphatic rings. The van der Waals surface area contributed by atoms with Gasteiger partial charge in [0.2, 0.25) is 5.88 Å². The average molecular weight is 408 g/mol. The summed E-state index contributed by atoms with van der Waals surface area (Å²) in [5, 5.41) is 0. The summed E-state index contributed by atoms with van der Waals surface area (Å²) in [4.78, 5) is 29.9. The average Bonchev–Trinajstić information content (AvgIpc) is 2.76. The SMILES string of the molecule is Cc1nc(OCCN2C(=O)c3ccccc3C2=O)ccc1I. The minimum atomic E-state index is -0.268. The predicted molar refractivity (Wildman–Crippen MR) is 89.0 cm³/mol. The smallest absolute Gasteiger partial charge is 0.261 e. The lowest BCUT2D eigenvalue weighted by Gasteiger charge is -2.14. The van der Waals surface area contributed by atoms with Crippen LogP contribution in [0.4, 0.5) is 0 Å². The van der Waals surface area contributed by atoms with Gasteiger partial charge in [-0.2, -0.15) is 0 Å². The standard InChI is InChI=1S/C16H13IN2O3/c1-10-13(17)6-7-14(18-10)22-9-8-19-15(20)11-4-2-3-5-12(11)16(19)21/h2-7H,8-9H2,1H3. The van der Waals surface area contributed by atoms with Crippen molar-refractivity contribution < 1.29 is 14.3 Å². The zero-order valence-corrected chi connectivity index (χ0v) is 14.0. The van der Waals surface area contributed by atoms with E-state index in [0.29, 0.717) is 17.0 Å². The van der Waals surface area contributed by atoms with Gasteiger partial charge in [0.15, 0.2) is 0 Å². The molecule has 6 heteroatoms. The van der Waals surface area contributed by atoms with Gasteiger partial charge in [-0.05, 0) is 47.7 Å². The van der Waals surface area contributed by atoms with Gasteiger partial charge in [-0.15, -0.1) is 0 Å². The summed E-state index contributed by atoms with van der Waals surface area (Å²) in [5.41, 5.74) is 1.80. The van der Waals surface area contributed by atoms with Crippen LogP contribution < -0.4 is 4.74 Å². The van der Waals surface area contributed by atoms with Gasteiger partial charge in [-0.25, -0.2) is 4.98 Å². The molecule has 22 heavy (non-hydrogen) atoms. The molecule has 0 radical (unpaired) electrons. The molecular formula is C16H13IN2O3. The molecular weight excluding hydrogens is 395 g/mol. The first-order valence-electron chi connectivity index (χ1n) is 6.79. The number of carbonyl (C=O) groups is 2. The quantitative estimate of drug-likeness (QED) is 0.577. The number of rotatable bonds is 4. The molecule has 5 nitrogen and oxygen atoms in total. The van der Waals surface area contributed by atoms with E-state index in [0.717, 1.165) is 9.26 Å². The molecule has 0 fully saturated rings. The highest BCUT2D eigenvalue weighted by molar-refractivity contribution is 14.1. The van der Waals surface area contributed by atoms with Gasteiger partial charge in [0.1, 0.15) is 6.61 Å². The van der Waals surface area contributed by atoms with Gasteiger partial charge >= 0.3 is 0 Å². The summed E-state index contributed by atoms with van der Waals surface area (Å²) in [5.74, 6) is -0.0403. The number of nitrogens with zero attached hydrogens (tertiary/aromatic N) is 2. The number of fused-ring (bicyclic) bond motifs is 1. The van der Waals surface area contributed by atoms with Crippen molar-refractivity contribution in [3.63, 3.8) is 0 Å². The van der Waals surface area contributed by atoms with Crippen molar-refractivity contribution in [2.45, 2.75) is 6.92 Å². The molecule has 2 amide bonds. The van der Waals surface area contributed by atoms with Crippen LogP contribution in [0.25, 0.3) is 0 Å². The molecule has 112 valence electrons. The number of benzene rings is 1.